The molecule has 6 heteroatoms. The fourth-order valence-corrected chi connectivity index (χ4v) is 4.69. The maximum absolute atomic E-state index is 12.1. The second-order valence-corrected chi connectivity index (χ2v) is 8.08. The minimum absolute atomic E-state index is 0.139. The van der Waals surface area contributed by atoms with E-state index in [2.05, 4.69) is 30.0 Å². The maximum atomic E-state index is 12.1. The van der Waals surface area contributed by atoms with Crippen molar-refractivity contribution >= 4 is 34.6 Å². The van der Waals surface area contributed by atoms with Crippen LogP contribution in [0.25, 0.3) is 0 Å². The highest BCUT2D eigenvalue weighted by Crippen LogP contribution is 2.44. The summed E-state index contributed by atoms with van der Waals surface area (Å²) in [5.74, 6) is 1.94. The Balaban J connectivity index is 1.45. The molecule has 0 radical (unpaired) electrons. The summed E-state index contributed by atoms with van der Waals surface area (Å²) in [5, 5.41) is 5.76. The quantitative estimate of drug-likeness (QED) is 0.586. The molecule has 1 aromatic heterocycles. The van der Waals surface area contributed by atoms with E-state index in [1.807, 2.05) is 11.4 Å². The van der Waals surface area contributed by atoms with Gasteiger partial charge in [-0.05, 0) is 55.3 Å². The van der Waals surface area contributed by atoms with Gasteiger partial charge in [-0.15, -0.1) is 11.3 Å². The van der Waals surface area contributed by atoms with Crippen LogP contribution in [0, 0.1) is 11.8 Å². The van der Waals surface area contributed by atoms with E-state index in [9.17, 15) is 4.79 Å². The molecule has 120 valence electrons. The number of hydrogen-bond acceptors (Lipinski definition) is 3. The van der Waals surface area contributed by atoms with Crippen LogP contribution in [0.2, 0.25) is 0 Å². The van der Waals surface area contributed by atoms with Crippen molar-refractivity contribution in [3.05, 3.63) is 21.9 Å². The lowest BCUT2D eigenvalue weighted by Crippen LogP contribution is -2.50. The van der Waals surface area contributed by atoms with E-state index in [4.69, 9.17) is 12.2 Å². The van der Waals surface area contributed by atoms with Gasteiger partial charge in [0.2, 0.25) is 0 Å². The molecule has 4 nitrogen and oxygen atoms in total. The first-order valence-electron chi connectivity index (χ1n) is 7.98. The first kappa shape index (κ1) is 15.7. The maximum Gasteiger partial charge on any atom is 0.270 e. The van der Waals surface area contributed by atoms with Gasteiger partial charge < -0.3 is 5.32 Å². The smallest absolute Gasteiger partial charge is 0.270 e. The Bertz CT molecular complexity index is 569. The van der Waals surface area contributed by atoms with E-state index in [1.54, 1.807) is 11.3 Å². The Morgan fingerprint density at radius 1 is 1.32 bits per heavy atom. The van der Waals surface area contributed by atoms with E-state index in [0.29, 0.717) is 22.6 Å². The van der Waals surface area contributed by atoms with Crippen molar-refractivity contribution in [2.45, 2.75) is 51.5 Å². The number of amides is 1. The second-order valence-electron chi connectivity index (χ2n) is 6.73. The van der Waals surface area contributed by atoms with Crippen molar-refractivity contribution in [3.8, 4) is 0 Å². The third-order valence-corrected chi connectivity index (χ3v) is 6.25. The predicted molar refractivity (Wildman–Crippen MR) is 94.0 cm³/mol. The van der Waals surface area contributed by atoms with E-state index < -0.39 is 0 Å². The van der Waals surface area contributed by atoms with Gasteiger partial charge in [-0.3, -0.25) is 15.6 Å². The zero-order valence-corrected chi connectivity index (χ0v) is 14.7. The van der Waals surface area contributed by atoms with E-state index in [1.165, 1.54) is 30.6 Å². The van der Waals surface area contributed by atoms with Crippen LogP contribution >= 0.6 is 23.6 Å². The number of nitrogens with one attached hydrogen (secondary N) is 3. The van der Waals surface area contributed by atoms with Crippen molar-refractivity contribution < 1.29 is 4.79 Å². The van der Waals surface area contributed by atoms with Gasteiger partial charge in [-0.25, -0.2) is 0 Å². The number of fused-ring (bicyclic) bond motifs is 2. The molecule has 3 atom stereocenters. The van der Waals surface area contributed by atoms with E-state index in [0.717, 1.165) is 11.8 Å². The third-order valence-electron chi connectivity index (χ3n) is 4.80. The van der Waals surface area contributed by atoms with Gasteiger partial charge in [0.25, 0.3) is 5.91 Å². The topological polar surface area (TPSA) is 53.2 Å². The molecule has 2 aliphatic rings. The number of thiocarbonyl (C=S) groups is 1. The van der Waals surface area contributed by atoms with Crippen molar-refractivity contribution in [3.63, 3.8) is 0 Å². The number of carbonyl (C=O) groups excluding carboxylic acids is 1. The second kappa shape index (κ2) is 6.54. The Labute approximate surface area is 141 Å². The fraction of sp³-hybridized carbons (Fsp3) is 0.625. The Morgan fingerprint density at radius 2 is 2.14 bits per heavy atom. The summed E-state index contributed by atoms with van der Waals surface area (Å²) in [5.41, 5.74) is 6.20. The Hall–Kier alpha value is -1.14. The first-order chi connectivity index (χ1) is 10.5. The zero-order valence-electron chi connectivity index (χ0n) is 13.0. The monoisotopic (exact) mass is 337 g/mol. The predicted octanol–water partition coefficient (Wildman–Crippen LogP) is 3.17. The SMILES string of the molecule is CC(C)c1cc(C(=O)NNC(=S)NC2CC3CCC2C3)cs1. The van der Waals surface area contributed by atoms with Crippen LogP contribution < -0.4 is 16.2 Å². The van der Waals surface area contributed by atoms with Gasteiger partial charge in [0, 0.05) is 16.3 Å². The molecule has 0 saturated heterocycles. The first-order valence-corrected chi connectivity index (χ1v) is 9.27. The lowest BCUT2D eigenvalue weighted by atomic mass is 9.96. The molecule has 1 amide bonds. The summed E-state index contributed by atoms with van der Waals surface area (Å²) < 4.78 is 0. The van der Waals surface area contributed by atoms with Gasteiger partial charge >= 0.3 is 0 Å². The van der Waals surface area contributed by atoms with Crippen LogP contribution in [-0.2, 0) is 0 Å². The molecule has 2 fully saturated rings. The van der Waals surface area contributed by atoms with Gasteiger partial charge in [0.1, 0.15) is 0 Å². The molecule has 22 heavy (non-hydrogen) atoms. The molecular formula is C16H23N3OS2. The van der Waals surface area contributed by atoms with Crippen LogP contribution in [0.3, 0.4) is 0 Å². The average Bonchev–Trinajstić information content (AvgIpc) is 3.20. The molecule has 2 saturated carbocycles. The van der Waals surface area contributed by atoms with Crippen molar-refractivity contribution in [2.24, 2.45) is 11.8 Å². The van der Waals surface area contributed by atoms with Crippen LogP contribution in [-0.4, -0.2) is 17.1 Å². The summed E-state index contributed by atoms with van der Waals surface area (Å²) in [6.45, 7) is 4.25. The van der Waals surface area contributed by atoms with Crippen molar-refractivity contribution in [1.82, 2.24) is 16.2 Å². The summed E-state index contributed by atoms with van der Waals surface area (Å²) in [7, 11) is 0. The van der Waals surface area contributed by atoms with Gasteiger partial charge in [0.15, 0.2) is 5.11 Å². The van der Waals surface area contributed by atoms with Gasteiger partial charge in [-0.2, -0.15) is 0 Å². The van der Waals surface area contributed by atoms with Crippen molar-refractivity contribution in [2.75, 3.05) is 0 Å². The highest BCUT2D eigenvalue weighted by atomic mass is 32.1. The van der Waals surface area contributed by atoms with E-state index in [-0.39, 0.29) is 5.91 Å². The average molecular weight is 338 g/mol. The molecule has 1 heterocycles. The summed E-state index contributed by atoms with van der Waals surface area (Å²) in [4.78, 5) is 13.3. The molecule has 3 rings (SSSR count). The van der Waals surface area contributed by atoms with Gasteiger partial charge in [0.05, 0.1) is 5.56 Å². The Kier molecular flexibility index (Phi) is 4.68. The van der Waals surface area contributed by atoms with E-state index >= 15 is 0 Å². The van der Waals surface area contributed by atoms with Crippen LogP contribution in [0.4, 0.5) is 0 Å². The fourth-order valence-electron chi connectivity index (χ4n) is 3.59. The molecular weight excluding hydrogens is 314 g/mol. The highest BCUT2D eigenvalue weighted by Gasteiger charge is 2.39. The normalized spacial score (nSPS) is 26.2. The molecule has 0 aromatic carbocycles. The molecule has 3 N–H and O–H groups in total. The molecule has 2 bridgehead atoms. The number of carbonyl (C=O) groups is 1. The number of hydrogen-bond donors (Lipinski definition) is 3. The summed E-state index contributed by atoms with van der Waals surface area (Å²) >= 11 is 6.90. The molecule has 0 spiro atoms. The minimum Gasteiger partial charge on any atom is -0.358 e. The number of rotatable bonds is 3. The van der Waals surface area contributed by atoms with Gasteiger partial charge in [-0.1, -0.05) is 20.3 Å². The molecule has 3 unspecified atom stereocenters. The Morgan fingerprint density at radius 3 is 2.73 bits per heavy atom. The van der Waals surface area contributed by atoms with Crippen LogP contribution in [0.5, 0.6) is 0 Å². The van der Waals surface area contributed by atoms with Crippen molar-refractivity contribution in [1.29, 1.82) is 0 Å². The number of thiophene rings is 1. The lowest BCUT2D eigenvalue weighted by molar-refractivity contribution is 0.0944. The number of hydrazine groups is 1. The molecule has 0 aliphatic heterocycles. The largest absolute Gasteiger partial charge is 0.358 e. The molecule has 1 aromatic rings. The lowest BCUT2D eigenvalue weighted by Gasteiger charge is -2.24. The highest BCUT2D eigenvalue weighted by molar-refractivity contribution is 7.80. The standard InChI is InChI=1S/C16H23N3OS2/c1-9(2)14-7-12(8-22-14)15(20)18-19-16(21)17-13-6-10-3-4-11(13)5-10/h7-11,13H,3-6H2,1-2H3,(H,18,20)(H2,17,19,21). The minimum atomic E-state index is -0.139. The molecule has 2 aliphatic carbocycles. The zero-order chi connectivity index (χ0) is 15.7. The summed E-state index contributed by atoms with van der Waals surface area (Å²) in [6, 6.07) is 2.42. The summed E-state index contributed by atoms with van der Waals surface area (Å²) in [6.07, 6.45) is 5.22. The third kappa shape index (κ3) is 3.43. The van der Waals surface area contributed by atoms with Crippen LogP contribution in [0.15, 0.2) is 11.4 Å². The van der Waals surface area contributed by atoms with Crippen LogP contribution in [0.1, 0.15) is 60.7 Å².